The molecule has 1 aliphatic carbocycles. The number of hydrogen-bond acceptors (Lipinski definition) is 2. The molecule has 0 radical (unpaired) electrons. The summed E-state index contributed by atoms with van der Waals surface area (Å²) in [7, 11) is 0. The van der Waals surface area contributed by atoms with Crippen molar-refractivity contribution in [3.63, 3.8) is 0 Å². The van der Waals surface area contributed by atoms with Gasteiger partial charge in [-0.3, -0.25) is 4.79 Å². The molecule has 1 aliphatic rings. The molecule has 2 rings (SSSR count). The van der Waals surface area contributed by atoms with Crippen LogP contribution in [0.1, 0.15) is 51.5 Å². The summed E-state index contributed by atoms with van der Waals surface area (Å²) in [6.07, 6.45) is 0.660. The highest BCUT2D eigenvalue weighted by molar-refractivity contribution is 5.94. The van der Waals surface area contributed by atoms with Crippen LogP contribution in [0.25, 0.3) is 0 Å². The maximum atomic E-state index is 12.8. The first-order chi connectivity index (χ1) is 12.7. The van der Waals surface area contributed by atoms with Crippen molar-refractivity contribution in [3.8, 4) is 0 Å². The van der Waals surface area contributed by atoms with Gasteiger partial charge in [-0.25, -0.2) is 4.79 Å². The van der Waals surface area contributed by atoms with Crippen LogP contribution in [-0.4, -0.2) is 24.0 Å². The number of nitrogens with one attached hydrogen (secondary N) is 3. The predicted octanol–water partition coefficient (Wildman–Crippen LogP) is 4.30. The van der Waals surface area contributed by atoms with E-state index in [0.29, 0.717) is 0 Å². The molecule has 1 unspecified atom stereocenters. The minimum Gasteiger partial charge on any atom is -0.352 e. The van der Waals surface area contributed by atoms with E-state index in [4.69, 9.17) is 0 Å². The van der Waals surface area contributed by atoms with Crippen molar-refractivity contribution in [2.45, 2.75) is 64.2 Å². The zero-order chi connectivity index (χ0) is 20.0. The molecule has 0 bridgehead atoms. The summed E-state index contributed by atoms with van der Waals surface area (Å²) >= 11 is 0. The maximum absolute atomic E-state index is 12.8. The number of carbonyl (C=O) groups is 2. The Hall–Kier alpha value is -2.25. The van der Waals surface area contributed by atoms with Crippen LogP contribution in [0, 0.1) is 5.92 Å². The number of halogens is 3. The van der Waals surface area contributed by atoms with Crippen LogP contribution >= 0.6 is 0 Å². The zero-order valence-electron chi connectivity index (χ0n) is 15.5. The molecule has 8 heteroatoms. The van der Waals surface area contributed by atoms with Gasteiger partial charge in [-0.2, -0.15) is 13.2 Å². The van der Waals surface area contributed by atoms with Gasteiger partial charge in [0.25, 0.3) is 0 Å². The average molecular weight is 385 g/mol. The molecule has 1 atom stereocenters. The van der Waals surface area contributed by atoms with Gasteiger partial charge in [0.05, 0.1) is 5.56 Å². The maximum Gasteiger partial charge on any atom is 0.416 e. The molecule has 1 aromatic carbocycles. The SMILES string of the molecule is CC(C)C(NC(=O)Nc1cccc(C(F)(F)F)c1)C(=O)NC1CCCCC1. The average Bonchev–Trinajstić information content (AvgIpc) is 2.59. The molecule has 0 saturated heterocycles. The fourth-order valence-corrected chi connectivity index (χ4v) is 3.15. The van der Waals surface area contributed by atoms with Crippen LogP contribution in [0.2, 0.25) is 0 Å². The van der Waals surface area contributed by atoms with Gasteiger partial charge >= 0.3 is 12.2 Å². The molecule has 0 aliphatic heterocycles. The van der Waals surface area contributed by atoms with Crippen molar-refractivity contribution in [1.29, 1.82) is 0 Å². The largest absolute Gasteiger partial charge is 0.416 e. The number of amides is 3. The van der Waals surface area contributed by atoms with Gasteiger partial charge in [0.15, 0.2) is 0 Å². The summed E-state index contributed by atoms with van der Waals surface area (Å²) in [5, 5.41) is 7.91. The lowest BCUT2D eigenvalue weighted by Crippen LogP contribution is -2.53. The van der Waals surface area contributed by atoms with Crippen LogP contribution in [-0.2, 0) is 11.0 Å². The first kappa shape index (κ1) is 21.1. The molecule has 1 aromatic rings. The fraction of sp³-hybridized carbons (Fsp3) is 0.579. The molecule has 3 N–H and O–H groups in total. The first-order valence-electron chi connectivity index (χ1n) is 9.22. The zero-order valence-corrected chi connectivity index (χ0v) is 15.5. The van der Waals surface area contributed by atoms with Crippen molar-refractivity contribution in [2.75, 3.05) is 5.32 Å². The van der Waals surface area contributed by atoms with Crippen LogP contribution in [0.4, 0.5) is 23.7 Å². The lowest BCUT2D eigenvalue weighted by Gasteiger charge is -2.27. The highest BCUT2D eigenvalue weighted by atomic mass is 19.4. The van der Waals surface area contributed by atoms with Gasteiger partial charge < -0.3 is 16.0 Å². The van der Waals surface area contributed by atoms with Crippen LogP contribution in [0.3, 0.4) is 0 Å². The lowest BCUT2D eigenvalue weighted by molar-refractivity contribution is -0.137. The molecule has 1 fully saturated rings. The van der Waals surface area contributed by atoms with E-state index in [-0.39, 0.29) is 23.6 Å². The van der Waals surface area contributed by atoms with Crippen molar-refractivity contribution < 1.29 is 22.8 Å². The van der Waals surface area contributed by atoms with Crippen LogP contribution < -0.4 is 16.0 Å². The molecule has 3 amide bonds. The Labute approximate surface area is 157 Å². The van der Waals surface area contributed by atoms with Gasteiger partial charge in [0.1, 0.15) is 6.04 Å². The van der Waals surface area contributed by atoms with Crippen molar-refractivity contribution in [1.82, 2.24) is 10.6 Å². The minimum absolute atomic E-state index is 0.0116. The minimum atomic E-state index is -4.49. The molecular weight excluding hydrogens is 359 g/mol. The Kier molecular flexibility index (Phi) is 7.10. The van der Waals surface area contributed by atoms with E-state index >= 15 is 0 Å². The third-order valence-corrected chi connectivity index (χ3v) is 4.64. The quantitative estimate of drug-likeness (QED) is 0.707. The Bertz CT molecular complexity index is 656. The van der Waals surface area contributed by atoms with Crippen LogP contribution in [0.5, 0.6) is 0 Å². The van der Waals surface area contributed by atoms with E-state index in [1.165, 1.54) is 12.1 Å². The van der Waals surface area contributed by atoms with E-state index in [2.05, 4.69) is 16.0 Å². The summed E-state index contributed by atoms with van der Waals surface area (Å²) < 4.78 is 38.3. The number of anilines is 1. The highest BCUT2D eigenvalue weighted by Gasteiger charge is 2.31. The van der Waals surface area contributed by atoms with Crippen LogP contribution in [0.15, 0.2) is 24.3 Å². The first-order valence-corrected chi connectivity index (χ1v) is 9.22. The van der Waals surface area contributed by atoms with Gasteiger partial charge in [-0.15, -0.1) is 0 Å². The number of alkyl halides is 3. The number of benzene rings is 1. The second kappa shape index (κ2) is 9.10. The van der Waals surface area contributed by atoms with E-state index in [9.17, 15) is 22.8 Å². The monoisotopic (exact) mass is 385 g/mol. The normalized spacial score (nSPS) is 16.7. The Morgan fingerprint density at radius 3 is 2.37 bits per heavy atom. The molecule has 1 saturated carbocycles. The van der Waals surface area contributed by atoms with E-state index in [0.717, 1.165) is 44.2 Å². The standard InChI is InChI=1S/C19H26F3N3O2/c1-12(2)16(17(26)23-14-8-4-3-5-9-14)25-18(27)24-15-10-6-7-13(11-15)19(20,21)22/h6-7,10-12,14,16H,3-5,8-9H2,1-2H3,(H,23,26)(H2,24,25,27). The third-order valence-electron chi connectivity index (χ3n) is 4.64. The van der Waals surface area contributed by atoms with E-state index < -0.39 is 23.8 Å². The molecule has 27 heavy (non-hydrogen) atoms. The fourth-order valence-electron chi connectivity index (χ4n) is 3.15. The molecular formula is C19H26F3N3O2. The van der Waals surface area contributed by atoms with Crippen molar-refractivity contribution in [2.24, 2.45) is 5.92 Å². The number of rotatable bonds is 5. The summed E-state index contributed by atoms with van der Waals surface area (Å²) in [6.45, 7) is 3.60. The van der Waals surface area contributed by atoms with Gasteiger partial charge in [-0.1, -0.05) is 39.2 Å². The Balaban J connectivity index is 1.97. The van der Waals surface area contributed by atoms with Gasteiger partial charge in [0.2, 0.25) is 5.91 Å². The summed E-state index contributed by atoms with van der Waals surface area (Å²) in [5.74, 6) is -0.433. The third kappa shape index (κ3) is 6.45. The van der Waals surface area contributed by atoms with Crippen molar-refractivity contribution >= 4 is 17.6 Å². The second-order valence-electron chi connectivity index (χ2n) is 7.24. The Morgan fingerprint density at radius 1 is 1.11 bits per heavy atom. The highest BCUT2D eigenvalue weighted by Crippen LogP contribution is 2.30. The van der Waals surface area contributed by atoms with Crippen molar-refractivity contribution in [3.05, 3.63) is 29.8 Å². The number of carbonyl (C=O) groups excluding carboxylic acids is 2. The summed E-state index contributed by atoms with van der Waals surface area (Å²) in [4.78, 5) is 24.7. The summed E-state index contributed by atoms with van der Waals surface area (Å²) in [5.41, 5.74) is -0.840. The molecule has 5 nitrogen and oxygen atoms in total. The molecule has 0 spiro atoms. The van der Waals surface area contributed by atoms with Gasteiger partial charge in [0, 0.05) is 11.7 Å². The molecule has 0 heterocycles. The van der Waals surface area contributed by atoms with E-state index in [1.54, 1.807) is 13.8 Å². The summed E-state index contributed by atoms with van der Waals surface area (Å²) in [6, 6.07) is 2.99. The second-order valence-corrected chi connectivity index (χ2v) is 7.24. The molecule has 150 valence electrons. The molecule has 0 aromatic heterocycles. The number of hydrogen-bond donors (Lipinski definition) is 3. The smallest absolute Gasteiger partial charge is 0.352 e. The number of urea groups is 1. The Morgan fingerprint density at radius 2 is 1.78 bits per heavy atom. The predicted molar refractivity (Wildman–Crippen MR) is 97.2 cm³/mol. The van der Waals surface area contributed by atoms with Gasteiger partial charge in [-0.05, 0) is 37.0 Å². The lowest BCUT2D eigenvalue weighted by atomic mass is 9.94. The van der Waals surface area contributed by atoms with E-state index in [1.807, 2.05) is 0 Å². The topological polar surface area (TPSA) is 70.2 Å².